The lowest BCUT2D eigenvalue weighted by Crippen LogP contribution is -2.57. The summed E-state index contributed by atoms with van der Waals surface area (Å²) in [5, 5.41) is 2.93. The van der Waals surface area contributed by atoms with E-state index in [0.717, 1.165) is 16.7 Å². The van der Waals surface area contributed by atoms with E-state index in [9.17, 15) is 14.4 Å². The second-order valence-electron chi connectivity index (χ2n) is 9.02. The fourth-order valence-electron chi connectivity index (χ4n) is 5.55. The number of anilines is 1. The number of hydrogen-bond donors (Lipinski definition) is 1. The van der Waals surface area contributed by atoms with Crippen LogP contribution in [0.1, 0.15) is 46.9 Å². The smallest absolute Gasteiger partial charge is 0.312 e. The molecule has 1 fully saturated rings. The Bertz CT molecular complexity index is 1160. The molecule has 1 N–H and O–H groups in total. The zero-order valence-electron chi connectivity index (χ0n) is 18.6. The molecule has 3 unspecified atom stereocenters. The van der Waals surface area contributed by atoms with Crippen LogP contribution in [0.4, 0.5) is 5.69 Å². The maximum Gasteiger partial charge on any atom is 0.312 e. The first-order valence-corrected chi connectivity index (χ1v) is 10.9. The van der Waals surface area contributed by atoms with E-state index in [1.165, 1.54) is 0 Å². The third-order valence-electron chi connectivity index (χ3n) is 7.01. The SMILES string of the molecule is CCOC(=O)C1C2COc3ccc(C)cc3C2N2C(=O)c3ccc(C)cc3NC(=O)[C@@]12C. The van der Waals surface area contributed by atoms with Gasteiger partial charge in [-0.3, -0.25) is 14.4 Å². The van der Waals surface area contributed by atoms with Crippen molar-refractivity contribution in [3.8, 4) is 5.75 Å². The number of nitrogens with zero attached hydrogens (tertiary/aromatic N) is 1. The number of aryl methyl sites for hydroxylation is 2. The van der Waals surface area contributed by atoms with Gasteiger partial charge in [0, 0.05) is 11.5 Å². The van der Waals surface area contributed by atoms with Gasteiger partial charge in [-0.1, -0.05) is 23.8 Å². The number of fused-ring (bicyclic) bond motifs is 6. The Hall–Kier alpha value is -3.35. The van der Waals surface area contributed by atoms with Gasteiger partial charge in [-0.15, -0.1) is 0 Å². The molecule has 1 saturated heterocycles. The summed E-state index contributed by atoms with van der Waals surface area (Å²) in [5.74, 6) is -1.76. The molecule has 166 valence electrons. The molecular weight excluding hydrogens is 408 g/mol. The highest BCUT2D eigenvalue weighted by Crippen LogP contribution is 2.56. The number of ether oxygens (including phenoxy) is 2. The summed E-state index contributed by atoms with van der Waals surface area (Å²) >= 11 is 0. The highest BCUT2D eigenvalue weighted by Gasteiger charge is 2.67. The van der Waals surface area contributed by atoms with Crippen LogP contribution in [-0.4, -0.2) is 41.4 Å². The maximum atomic E-state index is 14.0. The van der Waals surface area contributed by atoms with Gasteiger partial charge in [-0.25, -0.2) is 0 Å². The Morgan fingerprint density at radius 3 is 2.66 bits per heavy atom. The first kappa shape index (κ1) is 20.5. The first-order valence-electron chi connectivity index (χ1n) is 10.9. The molecule has 2 aromatic carbocycles. The van der Waals surface area contributed by atoms with Crippen LogP contribution in [0, 0.1) is 25.7 Å². The standard InChI is InChI=1S/C25H26N2O5/c1-5-31-23(29)20-17-12-32-19-9-7-13(2)10-16(19)21(17)27-22(28)15-8-6-14(3)11-18(15)26-24(30)25(20,27)4/h6-11,17,20-21H,5,12H2,1-4H3,(H,26,30)/t17?,20?,21?,25-/m1/s1. The molecule has 2 amide bonds. The van der Waals surface area contributed by atoms with Crippen LogP contribution in [0.3, 0.4) is 0 Å². The highest BCUT2D eigenvalue weighted by molar-refractivity contribution is 6.13. The van der Waals surface area contributed by atoms with Gasteiger partial charge in [0.15, 0.2) is 0 Å². The van der Waals surface area contributed by atoms with Gasteiger partial charge in [-0.05, 0) is 51.5 Å². The van der Waals surface area contributed by atoms with Crippen LogP contribution in [0.15, 0.2) is 36.4 Å². The number of carbonyl (C=O) groups is 3. The molecule has 2 aromatic rings. The molecule has 7 heteroatoms. The molecule has 3 aliphatic rings. The van der Waals surface area contributed by atoms with Crippen LogP contribution in [0.5, 0.6) is 5.75 Å². The lowest BCUT2D eigenvalue weighted by Gasteiger charge is -2.38. The Kier molecular flexibility index (Phi) is 4.55. The molecule has 32 heavy (non-hydrogen) atoms. The normalized spacial score (nSPS) is 27.9. The zero-order valence-corrected chi connectivity index (χ0v) is 18.6. The van der Waals surface area contributed by atoms with Crippen LogP contribution < -0.4 is 10.1 Å². The third kappa shape index (κ3) is 2.70. The van der Waals surface area contributed by atoms with Crippen molar-refractivity contribution in [2.45, 2.75) is 39.3 Å². The summed E-state index contributed by atoms with van der Waals surface area (Å²) in [5.41, 5.74) is 2.20. The van der Waals surface area contributed by atoms with Crippen molar-refractivity contribution in [3.63, 3.8) is 0 Å². The number of benzene rings is 2. The number of carbonyl (C=O) groups excluding carboxylic acids is 3. The van der Waals surface area contributed by atoms with Crippen molar-refractivity contribution in [2.24, 2.45) is 11.8 Å². The van der Waals surface area contributed by atoms with Crippen molar-refractivity contribution < 1.29 is 23.9 Å². The fraction of sp³-hybridized carbons (Fsp3) is 0.400. The number of nitrogens with one attached hydrogen (secondary N) is 1. The summed E-state index contributed by atoms with van der Waals surface area (Å²) in [6.07, 6.45) is 0. The predicted octanol–water partition coefficient (Wildman–Crippen LogP) is 3.40. The fourth-order valence-corrected chi connectivity index (χ4v) is 5.55. The number of amides is 2. The Morgan fingerprint density at radius 1 is 1.19 bits per heavy atom. The molecule has 0 aliphatic carbocycles. The lowest BCUT2D eigenvalue weighted by atomic mass is 9.77. The summed E-state index contributed by atoms with van der Waals surface area (Å²) in [7, 11) is 0. The minimum Gasteiger partial charge on any atom is -0.493 e. The molecule has 7 nitrogen and oxygen atoms in total. The van der Waals surface area contributed by atoms with E-state index in [1.54, 1.807) is 30.9 Å². The molecule has 3 heterocycles. The average molecular weight is 434 g/mol. The monoisotopic (exact) mass is 434 g/mol. The van der Waals surface area contributed by atoms with Crippen LogP contribution in [0.25, 0.3) is 0 Å². The van der Waals surface area contributed by atoms with Gasteiger partial charge in [0.2, 0.25) is 0 Å². The van der Waals surface area contributed by atoms with Crippen molar-refractivity contribution in [2.75, 3.05) is 18.5 Å². The quantitative estimate of drug-likeness (QED) is 0.733. The predicted molar refractivity (Wildman–Crippen MR) is 117 cm³/mol. The first-order chi connectivity index (χ1) is 15.3. The summed E-state index contributed by atoms with van der Waals surface area (Å²) < 4.78 is 11.4. The molecule has 0 saturated carbocycles. The number of esters is 1. The van der Waals surface area contributed by atoms with Crippen molar-refractivity contribution >= 4 is 23.5 Å². The molecule has 5 rings (SSSR count). The average Bonchev–Trinajstić information content (AvgIpc) is 2.99. The van der Waals surface area contributed by atoms with Crippen LogP contribution >= 0.6 is 0 Å². The Morgan fingerprint density at radius 2 is 1.91 bits per heavy atom. The third-order valence-corrected chi connectivity index (χ3v) is 7.01. The molecule has 0 bridgehead atoms. The maximum absolute atomic E-state index is 14.0. The van der Waals surface area contributed by atoms with Crippen molar-refractivity contribution in [1.29, 1.82) is 0 Å². The van der Waals surface area contributed by atoms with E-state index in [2.05, 4.69) is 5.32 Å². The van der Waals surface area contributed by atoms with Crippen LogP contribution in [-0.2, 0) is 14.3 Å². The molecule has 4 atom stereocenters. The topological polar surface area (TPSA) is 84.9 Å². The van der Waals surface area contributed by atoms with E-state index in [1.807, 2.05) is 38.1 Å². The van der Waals surface area contributed by atoms with Gasteiger partial charge in [0.05, 0.1) is 36.4 Å². The lowest BCUT2D eigenvalue weighted by molar-refractivity contribution is -0.155. The summed E-state index contributed by atoms with van der Waals surface area (Å²) in [6, 6.07) is 10.7. The minimum atomic E-state index is -1.43. The second kappa shape index (κ2) is 7.08. The highest BCUT2D eigenvalue weighted by atomic mass is 16.5. The molecular formula is C25H26N2O5. The molecule has 0 aromatic heterocycles. The molecule has 0 spiro atoms. The van der Waals surface area contributed by atoms with E-state index in [-0.39, 0.29) is 19.1 Å². The minimum absolute atomic E-state index is 0.189. The Balaban J connectivity index is 1.76. The van der Waals surface area contributed by atoms with Gasteiger partial charge < -0.3 is 19.7 Å². The van der Waals surface area contributed by atoms with Gasteiger partial charge in [-0.2, -0.15) is 0 Å². The molecule has 3 aliphatic heterocycles. The number of hydrogen-bond acceptors (Lipinski definition) is 5. The zero-order chi connectivity index (χ0) is 22.8. The van der Waals surface area contributed by atoms with E-state index >= 15 is 0 Å². The largest absolute Gasteiger partial charge is 0.493 e. The van der Waals surface area contributed by atoms with Gasteiger partial charge in [0.1, 0.15) is 11.3 Å². The van der Waals surface area contributed by atoms with E-state index in [0.29, 0.717) is 17.0 Å². The van der Waals surface area contributed by atoms with Crippen LogP contribution in [0.2, 0.25) is 0 Å². The van der Waals surface area contributed by atoms with E-state index in [4.69, 9.17) is 9.47 Å². The van der Waals surface area contributed by atoms with Crippen molar-refractivity contribution in [3.05, 3.63) is 58.7 Å². The Labute approximate surface area is 186 Å². The van der Waals surface area contributed by atoms with Gasteiger partial charge in [0.25, 0.3) is 11.8 Å². The van der Waals surface area contributed by atoms with Crippen molar-refractivity contribution in [1.82, 2.24) is 4.90 Å². The van der Waals surface area contributed by atoms with Gasteiger partial charge >= 0.3 is 5.97 Å². The second-order valence-corrected chi connectivity index (χ2v) is 9.02. The number of rotatable bonds is 2. The summed E-state index contributed by atoms with van der Waals surface area (Å²) in [4.78, 5) is 42.6. The van der Waals surface area contributed by atoms with E-state index < -0.39 is 35.3 Å². The molecule has 0 radical (unpaired) electrons. The summed E-state index contributed by atoms with van der Waals surface area (Å²) in [6.45, 7) is 7.69.